The lowest BCUT2D eigenvalue weighted by atomic mass is 10.0. The molecule has 0 unspecified atom stereocenters. The largest absolute Gasteiger partial charge is 0.497 e. The van der Waals surface area contributed by atoms with Gasteiger partial charge in [0.15, 0.2) is 0 Å². The molecule has 0 aromatic heterocycles. The van der Waals surface area contributed by atoms with Crippen molar-refractivity contribution in [2.45, 2.75) is 31.8 Å². The summed E-state index contributed by atoms with van der Waals surface area (Å²) in [6.07, 6.45) is 2.22. The number of hydrogen-bond donors (Lipinski definition) is 1. The summed E-state index contributed by atoms with van der Waals surface area (Å²) in [5, 5.41) is 3.65. The molecule has 3 nitrogen and oxygen atoms in total. The van der Waals surface area contributed by atoms with Crippen molar-refractivity contribution in [2.24, 2.45) is 0 Å². The Morgan fingerprint density at radius 3 is 2.47 bits per heavy atom. The highest BCUT2D eigenvalue weighted by Gasteiger charge is 2.16. The first kappa shape index (κ1) is 12.4. The van der Waals surface area contributed by atoms with Gasteiger partial charge in [-0.05, 0) is 37.5 Å². The molecule has 0 spiro atoms. The molecular formula is C14H21NO2. The summed E-state index contributed by atoms with van der Waals surface area (Å²) in [6.45, 7) is 3.97. The van der Waals surface area contributed by atoms with Crippen LogP contribution in [0.4, 0.5) is 0 Å². The number of hydrogen-bond acceptors (Lipinski definition) is 3. The van der Waals surface area contributed by atoms with Crippen molar-refractivity contribution in [3.05, 3.63) is 29.8 Å². The minimum Gasteiger partial charge on any atom is -0.497 e. The van der Waals surface area contributed by atoms with E-state index in [9.17, 15) is 0 Å². The van der Waals surface area contributed by atoms with Crippen molar-refractivity contribution in [3.63, 3.8) is 0 Å². The van der Waals surface area contributed by atoms with E-state index >= 15 is 0 Å². The van der Waals surface area contributed by atoms with Gasteiger partial charge in [-0.25, -0.2) is 0 Å². The van der Waals surface area contributed by atoms with Crippen molar-refractivity contribution in [1.29, 1.82) is 0 Å². The molecule has 3 heteroatoms. The van der Waals surface area contributed by atoms with Crippen LogP contribution in [-0.2, 0) is 4.74 Å². The predicted octanol–water partition coefficient (Wildman–Crippen LogP) is 2.52. The van der Waals surface area contributed by atoms with Crippen LogP contribution in [0.5, 0.6) is 5.75 Å². The lowest BCUT2D eigenvalue weighted by Crippen LogP contribution is -2.36. The second-order valence-corrected chi connectivity index (χ2v) is 4.55. The van der Waals surface area contributed by atoms with Crippen LogP contribution < -0.4 is 10.1 Å². The quantitative estimate of drug-likeness (QED) is 0.870. The number of methoxy groups -OCH3 is 1. The van der Waals surface area contributed by atoms with E-state index in [1.54, 1.807) is 7.11 Å². The van der Waals surface area contributed by atoms with Crippen LogP contribution in [-0.4, -0.2) is 26.4 Å². The van der Waals surface area contributed by atoms with Gasteiger partial charge in [0.2, 0.25) is 0 Å². The van der Waals surface area contributed by atoms with Crippen LogP contribution in [0.1, 0.15) is 31.4 Å². The SMILES string of the molecule is COc1ccc([C@H](C)NC2CCOCC2)cc1. The monoisotopic (exact) mass is 235 g/mol. The first-order valence-corrected chi connectivity index (χ1v) is 6.27. The Balaban J connectivity index is 1.91. The summed E-state index contributed by atoms with van der Waals surface area (Å²) in [4.78, 5) is 0. The molecule has 1 N–H and O–H groups in total. The van der Waals surface area contributed by atoms with Gasteiger partial charge >= 0.3 is 0 Å². The van der Waals surface area contributed by atoms with Crippen LogP contribution in [0.3, 0.4) is 0 Å². The molecule has 1 atom stereocenters. The van der Waals surface area contributed by atoms with Gasteiger partial charge in [-0.1, -0.05) is 12.1 Å². The fraction of sp³-hybridized carbons (Fsp3) is 0.571. The maximum Gasteiger partial charge on any atom is 0.118 e. The maximum absolute atomic E-state index is 5.36. The second kappa shape index (κ2) is 6.03. The highest BCUT2D eigenvalue weighted by molar-refractivity contribution is 5.28. The summed E-state index contributed by atoms with van der Waals surface area (Å²) in [6, 6.07) is 9.23. The van der Waals surface area contributed by atoms with Gasteiger partial charge in [0, 0.05) is 25.3 Å². The zero-order valence-corrected chi connectivity index (χ0v) is 10.6. The predicted molar refractivity (Wildman–Crippen MR) is 68.4 cm³/mol. The van der Waals surface area contributed by atoms with E-state index in [1.165, 1.54) is 5.56 Å². The van der Waals surface area contributed by atoms with Crippen molar-refractivity contribution < 1.29 is 9.47 Å². The van der Waals surface area contributed by atoms with Gasteiger partial charge in [-0.15, -0.1) is 0 Å². The molecular weight excluding hydrogens is 214 g/mol. The molecule has 17 heavy (non-hydrogen) atoms. The molecule has 1 fully saturated rings. The molecule has 0 saturated carbocycles. The van der Waals surface area contributed by atoms with Crippen molar-refractivity contribution in [1.82, 2.24) is 5.32 Å². The van der Waals surface area contributed by atoms with Crippen molar-refractivity contribution in [3.8, 4) is 5.75 Å². The number of nitrogens with one attached hydrogen (secondary N) is 1. The third kappa shape index (κ3) is 3.45. The van der Waals surface area contributed by atoms with Gasteiger partial charge in [0.1, 0.15) is 5.75 Å². The lowest BCUT2D eigenvalue weighted by Gasteiger charge is -2.27. The van der Waals surface area contributed by atoms with Gasteiger partial charge < -0.3 is 14.8 Å². The topological polar surface area (TPSA) is 30.5 Å². The average molecular weight is 235 g/mol. The van der Waals surface area contributed by atoms with Crippen molar-refractivity contribution in [2.75, 3.05) is 20.3 Å². The van der Waals surface area contributed by atoms with E-state index in [0.29, 0.717) is 12.1 Å². The summed E-state index contributed by atoms with van der Waals surface area (Å²) in [7, 11) is 1.69. The molecule has 0 radical (unpaired) electrons. The third-order valence-electron chi connectivity index (χ3n) is 3.32. The highest BCUT2D eigenvalue weighted by Crippen LogP contribution is 2.19. The second-order valence-electron chi connectivity index (χ2n) is 4.55. The van der Waals surface area contributed by atoms with Crippen LogP contribution in [0.25, 0.3) is 0 Å². The molecule has 1 aromatic carbocycles. The highest BCUT2D eigenvalue weighted by atomic mass is 16.5. The summed E-state index contributed by atoms with van der Waals surface area (Å²) in [5.41, 5.74) is 1.30. The van der Waals surface area contributed by atoms with Gasteiger partial charge in [-0.2, -0.15) is 0 Å². The molecule has 0 bridgehead atoms. The Morgan fingerprint density at radius 1 is 1.24 bits per heavy atom. The Bertz CT molecular complexity index is 331. The molecule has 94 valence electrons. The summed E-state index contributed by atoms with van der Waals surface area (Å²) >= 11 is 0. The van der Waals surface area contributed by atoms with Crippen molar-refractivity contribution >= 4 is 0 Å². The van der Waals surface area contributed by atoms with Crippen LogP contribution >= 0.6 is 0 Å². The molecule has 1 heterocycles. The van der Waals surface area contributed by atoms with E-state index in [4.69, 9.17) is 9.47 Å². The molecule has 1 aliphatic heterocycles. The van der Waals surface area contributed by atoms with E-state index in [2.05, 4.69) is 24.4 Å². The zero-order valence-electron chi connectivity index (χ0n) is 10.6. The molecule has 0 aliphatic carbocycles. The van der Waals surface area contributed by atoms with Gasteiger partial charge in [0.25, 0.3) is 0 Å². The number of ether oxygens (including phenoxy) is 2. The minimum absolute atomic E-state index is 0.379. The van der Waals surface area contributed by atoms with E-state index in [0.717, 1.165) is 31.8 Å². The van der Waals surface area contributed by atoms with E-state index < -0.39 is 0 Å². The minimum atomic E-state index is 0.379. The number of rotatable bonds is 4. The Kier molecular flexibility index (Phi) is 4.40. The lowest BCUT2D eigenvalue weighted by molar-refractivity contribution is 0.0754. The van der Waals surface area contributed by atoms with Crippen LogP contribution in [0, 0.1) is 0 Å². The van der Waals surface area contributed by atoms with Gasteiger partial charge in [-0.3, -0.25) is 0 Å². The van der Waals surface area contributed by atoms with E-state index in [-0.39, 0.29) is 0 Å². The number of benzene rings is 1. The van der Waals surface area contributed by atoms with Crippen LogP contribution in [0.2, 0.25) is 0 Å². The fourth-order valence-corrected chi connectivity index (χ4v) is 2.21. The standard InChI is InChI=1S/C14H21NO2/c1-11(15-13-7-9-17-10-8-13)12-3-5-14(16-2)6-4-12/h3-6,11,13,15H,7-10H2,1-2H3/t11-/m0/s1. The third-order valence-corrected chi connectivity index (χ3v) is 3.32. The molecule has 1 aromatic rings. The zero-order chi connectivity index (χ0) is 12.1. The first-order valence-electron chi connectivity index (χ1n) is 6.27. The van der Waals surface area contributed by atoms with Crippen LogP contribution in [0.15, 0.2) is 24.3 Å². The average Bonchev–Trinajstić information content (AvgIpc) is 2.40. The smallest absolute Gasteiger partial charge is 0.118 e. The molecule has 1 saturated heterocycles. The molecule has 2 rings (SSSR count). The molecule has 0 amide bonds. The Hall–Kier alpha value is -1.06. The summed E-state index contributed by atoms with van der Waals surface area (Å²) < 4.78 is 10.5. The normalized spacial score (nSPS) is 18.9. The fourth-order valence-electron chi connectivity index (χ4n) is 2.21. The van der Waals surface area contributed by atoms with Gasteiger partial charge in [0.05, 0.1) is 7.11 Å². The maximum atomic E-state index is 5.36. The Labute approximate surface area is 103 Å². The Morgan fingerprint density at radius 2 is 1.88 bits per heavy atom. The summed E-state index contributed by atoms with van der Waals surface area (Å²) in [5.74, 6) is 0.909. The molecule has 1 aliphatic rings. The van der Waals surface area contributed by atoms with E-state index in [1.807, 2.05) is 12.1 Å². The first-order chi connectivity index (χ1) is 8.29.